The van der Waals surface area contributed by atoms with Gasteiger partial charge in [-0.1, -0.05) is 15.9 Å². The summed E-state index contributed by atoms with van der Waals surface area (Å²) in [5.41, 5.74) is 0.885. The van der Waals surface area contributed by atoms with E-state index in [0.717, 1.165) is 15.4 Å². The van der Waals surface area contributed by atoms with Crippen LogP contribution in [-0.4, -0.2) is 80.1 Å². The van der Waals surface area contributed by atoms with Gasteiger partial charge in [-0.25, -0.2) is 9.97 Å². The van der Waals surface area contributed by atoms with Gasteiger partial charge in [-0.05, 0) is 70.3 Å². The first-order valence-electron chi connectivity index (χ1n) is 13.8. The monoisotopic (exact) mass is 654 g/mol. The Labute approximate surface area is 261 Å². The van der Waals surface area contributed by atoms with Gasteiger partial charge in [-0.3, -0.25) is 0 Å². The quantitative estimate of drug-likeness (QED) is 0.196. The zero-order valence-electron chi connectivity index (χ0n) is 25.8. The van der Waals surface area contributed by atoms with Gasteiger partial charge < -0.3 is 33.7 Å². The Bertz CT molecular complexity index is 1540. The first-order valence-corrected chi connectivity index (χ1v) is 14.6. The normalized spacial score (nSPS) is 13.6. The van der Waals surface area contributed by atoms with Crippen LogP contribution in [0.3, 0.4) is 0 Å². The van der Waals surface area contributed by atoms with E-state index in [2.05, 4.69) is 25.9 Å². The number of hydrogen-bond acceptors (Lipinski definition) is 10. The summed E-state index contributed by atoms with van der Waals surface area (Å²) in [4.78, 5) is 15.9. The summed E-state index contributed by atoms with van der Waals surface area (Å²) < 4.78 is 29.7. The fraction of sp³-hybridized carbons (Fsp3) is 0.406. The predicted octanol–water partition coefficient (Wildman–Crippen LogP) is 5.58. The lowest BCUT2D eigenvalue weighted by atomic mass is 9.72. The van der Waals surface area contributed by atoms with Crippen molar-refractivity contribution in [3.63, 3.8) is 0 Å². The molecule has 0 fully saturated rings. The van der Waals surface area contributed by atoms with Gasteiger partial charge in [-0.15, -0.1) is 0 Å². The second-order valence-corrected chi connectivity index (χ2v) is 11.6. The Kier molecular flexibility index (Phi) is 10.3. The van der Waals surface area contributed by atoms with Gasteiger partial charge in [0.1, 0.15) is 11.4 Å². The van der Waals surface area contributed by atoms with Gasteiger partial charge in [0.05, 0.1) is 52.2 Å². The minimum atomic E-state index is -1.60. The third kappa shape index (κ3) is 7.11. The zero-order chi connectivity index (χ0) is 31.3. The van der Waals surface area contributed by atoms with Crippen molar-refractivity contribution >= 4 is 26.8 Å². The molecule has 3 aromatic heterocycles. The molecule has 2 atom stereocenters. The van der Waals surface area contributed by atoms with Gasteiger partial charge in [-0.2, -0.15) is 4.98 Å². The Morgan fingerprint density at radius 3 is 2.09 bits per heavy atom. The molecule has 4 rings (SSSR count). The van der Waals surface area contributed by atoms with E-state index in [4.69, 9.17) is 28.7 Å². The molecular weight excluding hydrogens is 616 g/mol. The van der Waals surface area contributed by atoms with Crippen molar-refractivity contribution in [2.45, 2.75) is 37.9 Å². The van der Waals surface area contributed by atoms with E-state index in [9.17, 15) is 5.11 Å². The fourth-order valence-corrected chi connectivity index (χ4v) is 5.53. The average molecular weight is 656 g/mol. The second kappa shape index (κ2) is 13.7. The number of benzene rings is 1. The minimum Gasteiger partial charge on any atom is -0.489 e. The van der Waals surface area contributed by atoms with E-state index in [1.54, 1.807) is 32.5 Å². The number of methoxy groups -OCH3 is 4. The van der Waals surface area contributed by atoms with E-state index in [1.165, 1.54) is 14.2 Å². The third-order valence-corrected chi connectivity index (χ3v) is 7.61. The first-order chi connectivity index (χ1) is 20.5. The maximum atomic E-state index is 13.2. The van der Waals surface area contributed by atoms with Gasteiger partial charge in [0, 0.05) is 39.7 Å². The van der Waals surface area contributed by atoms with Crippen molar-refractivity contribution in [2.75, 3.05) is 49.1 Å². The standard InChI is InChI=1S/C32H39BrN4O6/c1-19(2)43-23-17-25(30(41-7)34-18-23)29(24-14-20-13-22(33)9-10-26(20)35-31(24)42-8)32(38,11-12-37(3)4)21-15-27(39-5)36-28(16-21)40-6/h9-10,13-19,29,38H,11-12H2,1-8H3/t29-,32+/m0/s1. The Morgan fingerprint density at radius 1 is 0.860 bits per heavy atom. The highest BCUT2D eigenvalue weighted by molar-refractivity contribution is 9.10. The van der Waals surface area contributed by atoms with Crippen molar-refractivity contribution in [3.8, 4) is 29.3 Å². The number of hydrogen-bond donors (Lipinski definition) is 1. The number of fused-ring (bicyclic) bond motifs is 1. The molecule has 0 aliphatic heterocycles. The Balaban J connectivity index is 2.14. The molecule has 0 radical (unpaired) electrons. The second-order valence-electron chi connectivity index (χ2n) is 10.7. The predicted molar refractivity (Wildman–Crippen MR) is 169 cm³/mol. The molecule has 0 spiro atoms. The Morgan fingerprint density at radius 2 is 1.51 bits per heavy atom. The fourth-order valence-electron chi connectivity index (χ4n) is 5.15. The highest BCUT2D eigenvalue weighted by Gasteiger charge is 2.45. The largest absolute Gasteiger partial charge is 0.489 e. The summed E-state index contributed by atoms with van der Waals surface area (Å²) in [5.74, 6) is 0.998. The summed E-state index contributed by atoms with van der Waals surface area (Å²) in [5, 5.41) is 14.1. The maximum absolute atomic E-state index is 13.2. The van der Waals surface area contributed by atoms with E-state index in [-0.39, 0.29) is 6.10 Å². The summed E-state index contributed by atoms with van der Waals surface area (Å²) in [6.07, 6.45) is 1.81. The SMILES string of the molecule is COc1cc([C@](O)(CCN(C)C)[C@H](c2cc(OC(C)C)cnc2OC)c2cc3cc(Br)ccc3nc2OC)cc(OC)n1. The third-order valence-electron chi connectivity index (χ3n) is 7.12. The van der Waals surface area contributed by atoms with Crippen molar-refractivity contribution in [3.05, 3.63) is 69.8 Å². The van der Waals surface area contributed by atoms with Crippen molar-refractivity contribution in [1.29, 1.82) is 0 Å². The number of rotatable bonds is 13. The van der Waals surface area contributed by atoms with Crippen molar-refractivity contribution in [2.24, 2.45) is 0 Å². The smallest absolute Gasteiger partial charge is 0.217 e. The lowest BCUT2D eigenvalue weighted by Gasteiger charge is -2.39. The lowest BCUT2D eigenvalue weighted by molar-refractivity contribution is 0.00252. The molecular formula is C32H39BrN4O6. The van der Waals surface area contributed by atoms with Gasteiger partial charge in [0.2, 0.25) is 23.5 Å². The van der Waals surface area contributed by atoms with Crippen LogP contribution in [0.25, 0.3) is 10.9 Å². The molecule has 230 valence electrons. The summed E-state index contributed by atoms with van der Waals surface area (Å²) >= 11 is 3.58. The average Bonchev–Trinajstić information content (AvgIpc) is 2.99. The van der Waals surface area contributed by atoms with Gasteiger partial charge in [0.25, 0.3) is 0 Å². The van der Waals surface area contributed by atoms with Crippen molar-refractivity contribution < 1.29 is 28.8 Å². The number of nitrogens with zero attached hydrogens (tertiary/aromatic N) is 4. The maximum Gasteiger partial charge on any atom is 0.217 e. The molecule has 1 N–H and O–H groups in total. The van der Waals surface area contributed by atoms with Crippen LogP contribution < -0.4 is 23.7 Å². The molecule has 10 nitrogen and oxygen atoms in total. The molecule has 11 heteroatoms. The molecule has 3 heterocycles. The molecule has 0 aliphatic rings. The summed E-state index contributed by atoms with van der Waals surface area (Å²) in [6.45, 7) is 4.42. The van der Waals surface area contributed by atoms with Crippen LogP contribution in [0.5, 0.6) is 29.3 Å². The molecule has 0 bridgehead atoms. The van der Waals surface area contributed by atoms with E-state index in [0.29, 0.717) is 58.9 Å². The number of aliphatic hydroxyl groups is 1. The van der Waals surface area contributed by atoms with E-state index in [1.807, 2.05) is 63.2 Å². The highest BCUT2D eigenvalue weighted by atomic mass is 79.9. The summed E-state index contributed by atoms with van der Waals surface area (Å²) in [7, 11) is 10.1. The number of ether oxygens (including phenoxy) is 5. The number of aromatic nitrogens is 3. The van der Waals surface area contributed by atoms with Crippen LogP contribution in [-0.2, 0) is 5.60 Å². The molecule has 0 saturated heterocycles. The van der Waals surface area contributed by atoms with Gasteiger partial charge in [0.15, 0.2) is 0 Å². The van der Waals surface area contributed by atoms with Crippen LogP contribution >= 0.6 is 15.9 Å². The van der Waals surface area contributed by atoms with E-state index >= 15 is 0 Å². The highest BCUT2D eigenvalue weighted by Crippen LogP contribution is 2.50. The summed E-state index contributed by atoms with van der Waals surface area (Å²) in [6, 6.07) is 13.1. The molecule has 0 saturated carbocycles. The first kappa shape index (κ1) is 32.2. The van der Waals surface area contributed by atoms with E-state index < -0.39 is 11.5 Å². The number of pyridine rings is 3. The van der Waals surface area contributed by atoms with Crippen LogP contribution in [0.2, 0.25) is 0 Å². The number of halogens is 1. The molecule has 0 amide bonds. The topological polar surface area (TPSA) is 108 Å². The molecule has 4 aromatic rings. The van der Waals surface area contributed by atoms with Crippen LogP contribution in [0.4, 0.5) is 0 Å². The minimum absolute atomic E-state index is 0.0999. The Hall–Kier alpha value is -3.67. The zero-order valence-corrected chi connectivity index (χ0v) is 27.4. The lowest BCUT2D eigenvalue weighted by Crippen LogP contribution is -2.38. The van der Waals surface area contributed by atoms with Crippen LogP contribution in [0, 0.1) is 0 Å². The molecule has 0 unspecified atom stereocenters. The molecule has 1 aromatic carbocycles. The van der Waals surface area contributed by atoms with Crippen LogP contribution in [0.15, 0.2) is 53.1 Å². The van der Waals surface area contributed by atoms with Crippen molar-refractivity contribution in [1.82, 2.24) is 19.9 Å². The molecule has 0 aliphatic carbocycles. The van der Waals surface area contributed by atoms with Gasteiger partial charge >= 0.3 is 0 Å². The molecule has 43 heavy (non-hydrogen) atoms. The van der Waals surface area contributed by atoms with Crippen LogP contribution in [0.1, 0.15) is 42.9 Å².